The quantitative estimate of drug-likeness (QED) is 0.770. The largest absolute Gasteiger partial charge is 0.324 e. The van der Waals surface area contributed by atoms with Crippen molar-refractivity contribution in [2.24, 2.45) is 5.92 Å². The van der Waals surface area contributed by atoms with E-state index in [1.54, 1.807) is 18.2 Å². The van der Waals surface area contributed by atoms with Gasteiger partial charge in [0.15, 0.2) is 0 Å². The second-order valence-electron chi connectivity index (χ2n) is 4.36. The fourth-order valence-corrected chi connectivity index (χ4v) is 2.14. The summed E-state index contributed by atoms with van der Waals surface area (Å²) in [5, 5.41) is 3.93. The lowest BCUT2D eigenvalue weighted by atomic mass is 9.98. The fourth-order valence-electron chi connectivity index (χ4n) is 1.80. The molecule has 0 aliphatic rings. The molecular weight excluding hydrogens is 269 g/mol. The third kappa shape index (κ3) is 4.51. The van der Waals surface area contributed by atoms with E-state index in [-0.39, 0.29) is 11.8 Å². The van der Waals surface area contributed by atoms with Crippen molar-refractivity contribution in [3.63, 3.8) is 0 Å². The van der Waals surface area contributed by atoms with E-state index in [4.69, 9.17) is 23.2 Å². The van der Waals surface area contributed by atoms with E-state index in [1.807, 2.05) is 6.92 Å². The molecule has 0 bridgehead atoms. The average molecular weight is 288 g/mol. The zero-order chi connectivity index (χ0) is 13.5. The van der Waals surface area contributed by atoms with E-state index in [0.717, 1.165) is 25.7 Å². The normalized spacial score (nSPS) is 12.2. The topological polar surface area (TPSA) is 29.1 Å². The van der Waals surface area contributed by atoms with Crippen LogP contribution in [0.4, 0.5) is 5.69 Å². The highest BCUT2D eigenvalue weighted by Crippen LogP contribution is 2.26. The maximum absolute atomic E-state index is 12.1. The number of benzene rings is 1. The molecule has 2 nitrogen and oxygen atoms in total. The number of anilines is 1. The molecule has 1 amide bonds. The van der Waals surface area contributed by atoms with Crippen LogP contribution >= 0.6 is 23.2 Å². The molecule has 0 saturated heterocycles. The van der Waals surface area contributed by atoms with E-state index in [0.29, 0.717) is 15.7 Å². The number of hydrogen-bond acceptors (Lipinski definition) is 1. The van der Waals surface area contributed by atoms with Crippen molar-refractivity contribution in [2.75, 3.05) is 5.32 Å². The summed E-state index contributed by atoms with van der Waals surface area (Å²) < 4.78 is 0. The highest BCUT2D eigenvalue weighted by atomic mass is 35.5. The van der Waals surface area contributed by atoms with Gasteiger partial charge in [0.25, 0.3) is 0 Å². The lowest BCUT2D eigenvalue weighted by Gasteiger charge is -2.15. The van der Waals surface area contributed by atoms with Gasteiger partial charge in [0.2, 0.25) is 5.91 Å². The summed E-state index contributed by atoms with van der Waals surface area (Å²) in [7, 11) is 0. The van der Waals surface area contributed by atoms with Gasteiger partial charge in [0.05, 0.1) is 10.7 Å². The van der Waals surface area contributed by atoms with Crippen LogP contribution in [-0.4, -0.2) is 5.91 Å². The van der Waals surface area contributed by atoms with E-state index in [9.17, 15) is 4.79 Å². The van der Waals surface area contributed by atoms with Gasteiger partial charge in [0.1, 0.15) is 0 Å². The molecule has 0 aliphatic carbocycles. The Bertz CT molecular complexity index is 407. The highest BCUT2D eigenvalue weighted by Gasteiger charge is 2.16. The minimum Gasteiger partial charge on any atom is -0.324 e. The van der Waals surface area contributed by atoms with Crippen molar-refractivity contribution in [3.8, 4) is 0 Å². The van der Waals surface area contributed by atoms with Gasteiger partial charge in [0, 0.05) is 10.9 Å². The van der Waals surface area contributed by atoms with Crippen LogP contribution in [0.15, 0.2) is 18.2 Å². The van der Waals surface area contributed by atoms with Gasteiger partial charge in [-0.1, -0.05) is 49.9 Å². The average Bonchev–Trinajstić information content (AvgIpc) is 2.35. The molecule has 0 aromatic heterocycles. The van der Waals surface area contributed by atoms with Crippen LogP contribution in [0.3, 0.4) is 0 Å². The number of nitrogens with one attached hydrogen (secondary N) is 1. The van der Waals surface area contributed by atoms with Crippen molar-refractivity contribution in [1.29, 1.82) is 0 Å². The van der Waals surface area contributed by atoms with Gasteiger partial charge in [-0.2, -0.15) is 0 Å². The van der Waals surface area contributed by atoms with Gasteiger partial charge in [-0.3, -0.25) is 4.79 Å². The Morgan fingerprint density at radius 3 is 2.67 bits per heavy atom. The summed E-state index contributed by atoms with van der Waals surface area (Å²) in [6.45, 7) is 4.15. The van der Waals surface area contributed by atoms with Crippen LogP contribution in [0.25, 0.3) is 0 Å². The van der Waals surface area contributed by atoms with Gasteiger partial charge in [-0.15, -0.1) is 0 Å². The third-order valence-corrected chi connectivity index (χ3v) is 3.52. The summed E-state index contributed by atoms with van der Waals surface area (Å²) >= 11 is 11.9. The molecule has 0 aliphatic heterocycles. The van der Waals surface area contributed by atoms with Crippen LogP contribution in [0.1, 0.15) is 39.5 Å². The fraction of sp³-hybridized carbons (Fsp3) is 0.500. The van der Waals surface area contributed by atoms with Crippen molar-refractivity contribution < 1.29 is 4.79 Å². The molecule has 1 atom stereocenters. The monoisotopic (exact) mass is 287 g/mol. The molecule has 18 heavy (non-hydrogen) atoms. The van der Waals surface area contributed by atoms with Crippen molar-refractivity contribution in [3.05, 3.63) is 28.2 Å². The van der Waals surface area contributed by atoms with Gasteiger partial charge in [-0.25, -0.2) is 0 Å². The predicted octanol–water partition coefficient (Wildman–Crippen LogP) is 5.15. The zero-order valence-electron chi connectivity index (χ0n) is 10.8. The van der Waals surface area contributed by atoms with Crippen molar-refractivity contribution in [2.45, 2.75) is 39.5 Å². The molecule has 1 N–H and O–H groups in total. The lowest BCUT2D eigenvalue weighted by molar-refractivity contribution is -0.120. The Labute approximate surface area is 119 Å². The number of halogens is 2. The minimum absolute atomic E-state index is 0.0233. The molecular formula is C14H19Cl2NO. The maximum atomic E-state index is 12.1. The molecule has 1 aromatic rings. The van der Waals surface area contributed by atoms with E-state index in [1.165, 1.54) is 0 Å². The molecule has 0 radical (unpaired) electrons. The summed E-state index contributed by atoms with van der Waals surface area (Å²) in [5.41, 5.74) is 0.587. The number of rotatable bonds is 6. The molecule has 1 unspecified atom stereocenters. The smallest absolute Gasteiger partial charge is 0.227 e. The minimum atomic E-state index is 0.0233. The Balaban J connectivity index is 2.70. The van der Waals surface area contributed by atoms with Crippen LogP contribution in [0.2, 0.25) is 10.0 Å². The first kappa shape index (κ1) is 15.3. The molecule has 4 heteroatoms. The van der Waals surface area contributed by atoms with E-state index >= 15 is 0 Å². The number of carbonyl (C=O) groups is 1. The molecule has 0 spiro atoms. The highest BCUT2D eigenvalue weighted by molar-refractivity contribution is 6.35. The van der Waals surface area contributed by atoms with Crippen LogP contribution in [0.5, 0.6) is 0 Å². The second kappa shape index (κ2) is 7.65. The molecule has 0 saturated carbocycles. The number of carbonyl (C=O) groups excluding carboxylic acids is 1. The van der Waals surface area contributed by atoms with Crippen LogP contribution in [0, 0.1) is 5.92 Å². The Morgan fingerprint density at radius 2 is 2.06 bits per heavy atom. The summed E-state index contributed by atoms with van der Waals surface area (Å²) in [6.07, 6.45) is 3.91. The Hall–Kier alpha value is -0.730. The van der Waals surface area contributed by atoms with Crippen LogP contribution in [-0.2, 0) is 4.79 Å². The molecule has 100 valence electrons. The Morgan fingerprint density at radius 1 is 1.33 bits per heavy atom. The molecule has 1 rings (SSSR count). The molecule has 1 aromatic carbocycles. The predicted molar refractivity (Wildman–Crippen MR) is 78.4 cm³/mol. The first-order chi connectivity index (χ1) is 8.58. The van der Waals surface area contributed by atoms with E-state index in [2.05, 4.69) is 12.2 Å². The van der Waals surface area contributed by atoms with Gasteiger partial charge < -0.3 is 5.32 Å². The lowest BCUT2D eigenvalue weighted by Crippen LogP contribution is -2.22. The van der Waals surface area contributed by atoms with Crippen LogP contribution < -0.4 is 5.32 Å². The zero-order valence-corrected chi connectivity index (χ0v) is 12.3. The molecule has 0 heterocycles. The molecule has 0 fully saturated rings. The first-order valence-electron chi connectivity index (χ1n) is 6.34. The number of unbranched alkanes of at least 4 members (excludes halogenated alkanes) is 1. The summed E-state index contributed by atoms with van der Waals surface area (Å²) in [4.78, 5) is 12.1. The Kier molecular flexibility index (Phi) is 6.51. The SMILES string of the molecule is CCCCC(CC)C(=O)Nc1cc(Cl)ccc1Cl. The standard InChI is InChI=1S/C14H19Cl2NO/c1-3-5-6-10(4-2)14(18)17-13-9-11(15)7-8-12(13)16/h7-10H,3-6H2,1-2H3,(H,17,18). The van der Waals surface area contributed by atoms with Crippen molar-refractivity contribution in [1.82, 2.24) is 0 Å². The van der Waals surface area contributed by atoms with Gasteiger partial charge in [-0.05, 0) is 31.0 Å². The summed E-state index contributed by atoms with van der Waals surface area (Å²) in [5.74, 6) is 0.0649. The number of amides is 1. The summed E-state index contributed by atoms with van der Waals surface area (Å²) in [6, 6.07) is 5.06. The van der Waals surface area contributed by atoms with E-state index < -0.39 is 0 Å². The van der Waals surface area contributed by atoms with Gasteiger partial charge >= 0.3 is 0 Å². The maximum Gasteiger partial charge on any atom is 0.227 e. The third-order valence-electron chi connectivity index (χ3n) is 2.96. The first-order valence-corrected chi connectivity index (χ1v) is 7.10. The number of hydrogen-bond donors (Lipinski definition) is 1. The van der Waals surface area contributed by atoms with Crippen molar-refractivity contribution >= 4 is 34.8 Å². The second-order valence-corrected chi connectivity index (χ2v) is 5.20.